The fraction of sp³-hybridized carbons (Fsp3) is 0.167. The van der Waals surface area contributed by atoms with Gasteiger partial charge in [-0.3, -0.25) is 0 Å². The van der Waals surface area contributed by atoms with Crippen molar-refractivity contribution in [2.24, 2.45) is 0 Å². The first-order valence-corrected chi connectivity index (χ1v) is 7.54. The van der Waals surface area contributed by atoms with E-state index in [1.807, 2.05) is 12.3 Å². The van der Waals surface area contributed by atoms with E-state index in [2.05, 4.69) is 65.0 Å². The summed E-state index contributed by atoms with van der Waals surface area (Å²) in [5.41, 5.74) is 4.98. The van der Waals surface area contributed by atoms with Crippen LogP contribution in [0.1, 0.15) is 11.1 Å². The zero-order valence-electron chi connectivity index (χ0n) is 12.0. The molecule has 0 aliphatic carbocycles. The zero-order chi connectivity index (χ0) is 14.7. The summed E-state index contributed by atoms with van der Waals surface area (Å²) in [6, 6.07) is 19.0. The Hall–Kier alpha value is -2.13. The second kappa shape index (κ2) is 6.10. The number of hydrogen-bond donors (Lipinski definition) is 1. The highest BCUT2D eigenvalue weighted by Gasteiger charge is 2.06. The first-order chi connectivity index (χ1) is 10.2. The summed E-state index contributed by atoms with van der Waals surface area (Å²) in [4.78, 5) is 3.16. The topological polar surface area (TPSA) is 20.7 Å². The van der Waals surface area contributed by atoms with Crippen LogP contribution >= 0.6 is 12.2 Å². The Bertz CT molecular complexity index is 784. The maximum Gasteiger partial charge on any atom is 0.177 e. The minimum Gasteiger partial charge on any atom is -0.337 e. The molecule has 0 bridgehead atoms. The Kier molecular flexibility index (Phi) is 4.02. The number of aromatic amines is 1. The number of H-pyrrole nitrogens is 1. The van der Waals surface area contributed by atoms with E-state index in [9.17, 15) is 0 Å². The van der Waals surface area contributed by atoms with Crippen LogP contribution in [-0.4, -0.2) is 9.55 Å². The quantitative estimate of drug-likeness (QED) is 0.688. The second-order valence-corrected chi connectivity index (χ2v) is 5.62. The van der Waals surface area contributed by atoms with E-state index in [1.54, 1.807) is 0 Å². The number of hydrogen-bond acceptors (Lipinski definition) is 1. The van der Waals surface area contributed by atoms with E-state index in [0.717, 1.165) is 23.4 Å². The molecule has 0 saturated carbocycles. The number of nitrogens with one attached hydrogen (secondary N) is 1. The summed E-state index contributed by atoms with van der Waals surface area (Å²) in [6.07, 6.45) is 2.97. The van der Waals surface area contributed by atoms with Crippen molar-refractivity contribution in [1.82, 2.24) is 9.55 Å². The number of aryl methyl sites for hydroxylation is 2. The van der Waals surface area contributed by atoms with Gasteiger partial charge in [0.25, 0.3) is 0 Å². The van der Waals surface area contributed by atoms with Gasteiger partial charge in [-0.2, -0.15) is 0 Å². The van der Waals surface area contributed by atoms with E-state index in [-0.39, 0.29) is 0 Å². The summed E-state index contributed by atoms with van der Waals surface area (Å²) in [5, 5.41) is 0. The standard InChI is InChI=1S/C18H18N2S/c1-14-6-5-7-15(12-14)10-11-20-17(13-19-18(20)21)16-8-3-2-4-9-16/h2-9,12-13H,10-11H2,1H3,(H,19,21). The van der Waals surface area contributed by atoms with Crippen LogP contribution in [0.15, 0.2) is 60.8 Å². The molecular weight excluding hydrogens is 276 g/mol. The molecule has 0 unspecified atom stereocenters. The van der Waals surface area contributed by atoms with Crippen molar-refractivity contribution < 1.29 is 0 Å². The van der Waals surface area contributed by atoms with E-state index < -0.39 is 0 Å². The molecule has 0 radical (unpaired) electrons. The molecule has 0 fully saturated rings. The van der Waals surface area contributed by atoms with E-state index in [0.29, 0.717) is 0 Å². The normalized spacial score (nSPS) is 10.7. The van der Waals surface area contributed by atoms with Crippen molar-refractivity contribution in [2.45, 2.75) is 19.9 Å². The number of benzene rings is 2. The lowest BCUT2D eigenvalue weighted by atomic mass is 10.1. The van der Waals surface area contributed by atoms with Crippen molar-refractivity contribution >= 4 is 12.2 Å². The zero-order valence-corrected chi connectivity index (χ0v) is 12.9. The van der Waals surface area contributed by atoms with Gasteiger partial charge in [0.2, 0.25) is 0 Å². The molecule has 3 aromatic rings. The molecule has 2 aromatic carbocycles. The number of rotatable bonds is 4. The van der Waals surface area contributed by atoms with Crippen LogP contribution < -0.4 is 0 Å². The first kappa shape index (κ1) is 13.8. The maximum absolute atomic E-state index is 5.42. The maximum atomic E-state index is 5.42. The van der Waals surface area contributed by atoms with Crippen LogP contribution in [0.25, 0.3) is 11.3 Å². The van der Waals surface area contributed by atoms with Crippen molar-refractivity contribution in [3.8, 4) is 11.3 Å². The lowest BCUT2D eigenvalue weighted by Crippen LogP contribution is -2.03. The molecule has 106 valence electrons. The van der Waals surface area contributed by atoms with Gasteiger partial charge in [-0.25, -0.2) is 0 Å². The average Bonchev–Trinajstić information content (AvgIpc) is 2.87. The van der Waals surface area contributed by atoms with Gasteiger partial charge in [-0.1, -0.05) is 60.2 Å². The van der Waals surface area contributed by atoms with Gasteiger partial charge in [0.15, 0.2) is 4.77 Å². The fourth-order valence-electron chi connectivity index (χ4n) is 2.57. The molecule has 1 N–H and O–H groups in total. The summed E-state index contributed by atoms with van der Waals surface area (Å²) >= 11 is 5.42. The Morgan fingerprint density at radius 1 is 1.05 bits per heavy atom. The Morgan fingerprint density at radius 3 is 2.62 bits per heavy atom. The summed E-state index contributed by atoms with van der Waals surface area (Å²) in [7, 11) is 0. The molecular formula is C18H18N2S. The molecule has 3 rings (SSSR count). The molecule has 1 aromatic heterocycles. The van der Waals surface area contributed by atoms with Crippen molar-refractivity contribution in [1.29, 1.82) is 0 Å². The molecule has 1 heterocycles. The van der Waals surface area contributed by atoms with Gasteiger partial charge in [0.05, 0.1) is 5.69 Å². The fourth-order valence-corrected chi connectivity index (χ4v) is 2.82. The molecule has 0 atom stereocenters. The summed E-state index contributed by atoms with van der Waals surface area (Å²) in [5.74, 6) is 0. The van der Waals surface area contributed by atoms with E-state index in [1.165, 1.54) is 16.7 Å². The third-order valence-corrected chi connectivity index (χ3v) is 3.98. The molecule has 0 spiro atoms. The van der Waals surface area contributed by atoms with Crippen LogP contribution in [0.2, 0.25) is 0 Å². The molecule has 2 nitrogen and oxygen atoms in total. The largest absolute Gasteiger partial charge is 0.337 e. The van der Waals surface area contributed by atoms with Gasteiger partial charge in [0.1, 0.15) is 0 Å². The lowest BCUT2D eigenvalue weighted by Gasteiger charge is -2.09. The average molecular weight is 294 g/mol. The number of aromatic nitrogens is 2. The van der Waals surface area contributed by atoms with Crippen molar-refractivity contribution in [3.63, 3.8) is 0 Å². The number of imidazole rings is 1. The molecule has 21 heavy (non-hydrogen) atoms. The second-order valence-electron chi connectivity index (χ2n) is 5.24. The van der Waals surface area contributed by atoms with Crippen molar-refractivity contribution in [2.75, 3.05) is 0 Å². The number of nitrogens with zero attached hydrogens (tertiary/aromatic N) is 1. The smallest absolute Gasteiger partial charge is 0.177 e. The highest BCUT2D eigenvalue weighted by Crippen LogP contribution is 2.20. The van der Waals surface area contributed by atoms with Crippen LogP contribution in [0.5, 0.6) is 0 Å². The first-order valence-electron chi connectivity index (χ1n) is 7.13. The summed E-state index contributed by atoms with van der Waals surface area (Å²) < 4.78 is 2.95. The van der Waals surface area contributed by atoms with Crippen LogP contribution in [-0.2, 0) is 13.0 Å². The summed E-state index contributed by atoms with van der Waals surface area (Å²) in [6.45, 7) is 3.01. The Morgan fingerprint density at radius 2 is 1.86 bits per heavy atom. The van der Waals surface area contributed by atoms with Gasteiger partial charge in [0, 0.05) is 12.7 Å². The van der Waals surface area contributed by atoms with Crippen molar-refractivity contribution in [3.05, 3.63) is 76.7 Å². The third kappa shape index (κ3) is 3.14. The lowest BCUT2D eigenvalue weighted by molar-refractivity contribution is 0.692. The molecule has 0 amide bonds. The van der Waals surface area contributed by atoms with E-state index in [4.69, 9.17) is 12.2 Å². The highest BCUT2D eigenvalue weighted by molar-refractivity contribution is 7.71. The molecule has 0 aliphatic rings. The van der Waals surface area contributed by atoms with Crippen LogP contribution in [0.4, 0.5) is 0 Å². The van der Waals surface area contributed by atoms with Crippen LogP contribution in [0.3, 0.4) is 0 Å². The third-order valence-electron chi connectivity index (χ3n) is 3.64. The minimum atomic E-state index is 0.779. The molecule has 3 heteroatoms. The van der Waals surface area contributed by atoms with E-state index >= 15 is 0 Å². The van der Waals surface area contributed by atoms with Gasteiger partial charge in [-0.05, 0) is 36.7 Å². The molecule has 0 saturated heterocycles. The monoisotopic (exact) mass is 294 g/mol. The van der Waals surface area contributed by atoms with Gasteiger partial charge < -0.3 is 9.55 Å². The Labute approximate surface area is 130 Å². The predicted molar refractivity (Wildman–Crippen MR) is 89.9 cm³/mol. The van der Waals surface area contributed by atoms with Gasteiger partial charge in [-0.15, -0.1) is 0 Å². The highest BCUT2D eigenvalue weighted by atomic mass is 32.1. The van der Waals surface area contributed by atoms with Gasteiger partial charge >= 0.3 is 0 Å². The van der Waals surface area contributed by atoms with Crippen LogP contribution in [0, 0.1) is 11.7 Å². The molecule has 0 aliphatic heterocycles. The minimum absolute atomic E-state index is 0.779. The SMILES string of the molecule is Cc1cccc(CCn2c(-c3ccccc3)c[nH]c2=S)c1. The predicted octanol–water partition coefficient (Wildman–Crippen LogP) is 4.76. The Balaban J connectivity index is 1.86.